The molecule has 0 bridgehead atoms. The molecular weight excluding hydrogens is 396 g/mol. The lowest BCUT2D eigenvalue weighted by atomic mass is 9.93. The molecule has 150 valence electrons. The molecule has 0 saturated heterocycles. The van der Waals surface area contributed by atoms with Gasteiger partial charge in [-0.3, -0.25) is 14.5 Å². The molecule has 0 radical (unpaired) electrons. The number of hydrogen-bond acceptors (Lipinski definition) is 5. The number of H-pyrrole nitrogens is 1. The van der Waals surface area contributed by atoms with Crippen molar-refractivity contribution in [1.29, 1.82) is 0 Å². The van der Waals surface area contributed by atoms with E-state index in [2.05, 4.69) is 11.1 Å². The van der Waals surface area contributed by atoms with E-state index in [1.807, 2.05) is 59.5 Å². The van der Waals surface area contributed by atoms with Crippen molar-refractivity contribution >= 4 is 27.5 Å². The first-order valence-corrected chi connectivity index (χ1v) is 10.6. The van der Waals surface area contributed by atoms with Crippen LogP contribution >= 0.6 is 11.3 Å². The summed E-state index contributed by atoms with van der Waals surface area (Å²) in [5, 5.41) is 0.582. The normalized spacial score (nSPS) is 16.5. The largest absolute Gasteiger partial charge is 0.368 e. The van der Waals surface area contributed by atoms with E-state index < -0.39 is 6.04 Å². The molecule has 5 rings (SSSR count). The molecule has 7 heteroatoms. The highest BCUT2D eigenvalue weighted by Crippen LogP contribution is 2.31. The fourth-order valence-electron chi connectivity index (χ4n) is 4.01. The molecule has 0 unspecified atom stereocenters. The van der Waals surface area contributed by atoms with E-state index in [-0.39, 0.29) is 11.5 Å². The zero-order valence-electron chi connectivity index (χ0n) is 16.2. The molecule has 2 aromatic heterocycles. The number of fused-ring (bicyclic) bond motifs is 2. The van der Waals surface area contributed by atoms with Gasteiger partial charge in [-0.15, -0.1) is 11.3 Å². The summed E-state index contributed by atoms with van der Waals surface area (Å²) < 4.78 is 0. The van der Waals surface area contributed by atoms with Gasteiger partial charge >= 0.3 is 0 Å². The number of benzene rings is 2. The molecule has 2 aromatic carbocycles. The maximum Gasteiger partial charge on any atom is 0.259 e. The SMILES string of the molecule is NC(=O)[C@@H]1Cc2ccccc2CN1Cc1nc2sc(-c3ccccc3)cc2c(=O)[nH]1. The van der Waals surface area contributed by atoms with Gasteiger partial charge in [0.25, 0.3) is 5.56 Å². The molecular formula is C23H20N4O2S. The predicted octanol–water partition coefficient (Wildman–Crippen LogP) is 3.06. The number of nitrogens with two attached hydrogens (primary N) is 1. The molecule has 1 aliphatic rings. The Labute approximate surface area is 177 Å². The second-order valence-corrected chi connectivity index (χ2v) is 8.53. The van der Waals surface area contributed by atoms with E-state index in [4.69, 9.17) is 10.7 Å². The van der Waals surface area contributed by atoms with Crippen molar-refractivity contribution in [1.82, 2.24) is 14.9 Å². The van der Waals surface area contributed by atoms with Crippen LogP contribution in [0.2, 0.25) is 0 Å². The molecule has 30 heavy (non-hydrogen) atoms. The van der Waals surface area contributed by atoms with E-state index in [1.54, 1.807) is 0 Å². The van der Waals surface area contributed by atoms with Crippen molar-refractivity contribution in [2.75, 3.05) is 0 Å². The molecule has 6 nitrogen and oxygen atoms in total. The van der Waals surface area contributed by atoms with Gasteiger partial charge in [0.2, 0.25) is 5.91 Å². The Kier molecular flexibility index (Phi) is 4.69. The van der Waals surface area contributed by atoms with Gasteiger partial charge in [-0.1, -0.05) is 54.6 Å². The summed E-state index contributed by atoms with van der Waals surface area (Å²) in [6, 6.07) is 19.5. The number of nitrogens with zero attached hydrogens (tertiary/aromatic N) is 2. The first kappa shape index (κ1) is 18.7. The second kappa shape index (κ2) is 7.51. The Morgan fingerprint density at radius 1 is 1.13 bits per heavy atom. The lowest BCUT2D eigenvalue weighted by molar-refractivity contribution is -0.124. The molecule has 1 aliphatic heterocycles. The van der Waals surface area contributed by atoms with Crippen molar-refractivity contribution in [2.24, 2.45) is 5.73 Å². The number of primary amides is 1. The summed E-state index contributed by atoms with van der Waals surface area (Å²) >= 11 is 1.50. The average Bonchev–Trinajstić information content (AvgIpc) is 3.18. The Morgan fingerprint density at radius 2 is 1.87 bits per heavy atom. The van der Waals surface area contributed by atoms with Gasteiger partial charge < -0.3 is 10.7 Å². The van der Waals surface area contributed by atoms with Crippen LogP contribution in [-0.4, -0.2) is 26.8 Å². The first-order valence-electron chi connectivity index (χ1n) is 9.77. The van der Waals surface area contributed by atoms with Gasteiger partial charge in [0.05, 0.1) is 18.0 Å². The van der Waals surface area contributed by atoms with Gasteiger partial charge in [-0.25, -0.2) is 4.98 Å². The highest BCUT2D eigenvalue weighted by Gasteiger charge is 2.30. The van der Waals surface area contributed by atoms with E-state index in [1.165, 1.54) is 16.9 Å². The number of carbonyl (C=O) groups is 1. The van der Waals surface area contributed by atoms with Gasteiger partial charge in [0, 0.05) is 11.4 Å². The maximum atomic E-state index is 12.7. The average molecular weight is 417 g/mol. The number of amides is 1. The van der Waals surface area contributed by atoms with Gasteiger partial charge in [0.1, 0.15) is 10.7 Å². The van der Waals surface area contributed by atoms with E-state index in [0.29, 0.717) is 35.6 Å². The topological polar surface area (TPSA) is 92.1 Å². The van der Waals surface area contributed by atoms with Crippen LogP contribution in [0.5, 0.6) is 0 Å². The van der Waals surface area contributed by atoms with Crippen LogP contribution in [0.4, 0.5) is 0 Å². The van der Waals surface area contributed by atoms with Crippen LogP contribution in [-0.2, 0) is 24.3 Å². The zero-order valence-corrected chi connectivity index (χ0v) is 17.0. The molecule has 0 aliphatic carbocycles. The van der Waals surface area contributed by atoms with Crippen molar-refractivity contribution in [3.8, 4) is 10.4 Å². The minimum Gasteiger partial charge on any atom is -0.368 e. The van der Waals surface area contributed by atoms with E-state index >= 15 is 0 Å². The second-order valence-electron chi connectivity index (χ2n) is 7.50. The lowest BCUT2D eigenvalue weighted by Crippen LogP contribution is -2.48. The van der Waals surface area contributed by atoms with Crippen LogP contribution in [0.1, 0.15) is 17.0 Å². The Balaban J connectivity index is 1.49. The number of thiophene rings is 1. The van der Waals surface area contributed by atoms with Crippen LogP contribution < -0.4 is 11.3 Å². The van der Waals surface area contributed by atoms with Crippen molar-refractivity contribution in [2.45, 2.75) is 25.6 Å². The minimum absolute atomic E-state index is 0.165. The highest BCUT2D eigenvalue weighted by molar-refractivity contribution is 7.21. The number of carbonyl (C=O) groups excluding carboxylic acids is 1. The number of aromatic nitrogens is 2. The summed E-state index contributed by atoms with van der Waals surface area (Å²) in [4.78, 5) is 36.1. The van der Waals surface area contributed by atoms with Crippen molar-refractivity contribution in [3.05, 3.63) is 88.0 Å². The standard InChI is InChI=1S/C23H20N4O2S/c24-21(28)18-10-15-8-4-5-9-16(15)12-27(18)13-20-25-22(29)17-11-19(30-23(17)26-20)14-6-2-1-3-7-14/h1-9,11,18H,10,12-13H2,(H2,24,28)(H,25,26,29)/t18-/m0/s1. The van der Waals surface area contributed by atoms with E-state index in [9.17, 15) is 9.59 Å². The van der Waals surface area contributed by atoms with Crippen LogP contribution in [0.25, 0.3) is 20.7 Å². The summed E-state index contributed by atoms with van der Waals surface area (Å²) in [5.74, 6) is 0.176. The Bertz CT molecular complexity index is 1300. The number of hydrogen-bond donors (Lipinski definition) is 2. The number of rotatable bonds is 4. The van der Waals surface area contributed by atoms with Crippen molar-refractivity contribution < 1.29 is 4.79 Å². The third-order valence-corrected chi connectivity index (χ3v) is 6.61. The van der Waals surface area contributed by atoms with Gasteiger partial charge in [0.15, 0.2) is 0 Å². The zero-order chi connectivity index (χ0) is 20.7. The van der Waals surface area contributed by atoms with Gasteiger partial charge in [-0.05, 0) is 29.2 Å². The van der Waals surface area contributed by atoms with E-state index in [0.717, 1.165) is 16.0 Å². The maximum absolute atomic E-state index is 12.7. The molecule has 1 amide bonds. The summed E-state index contributed by atoms with van der Waals surface area (Å²) in [6.07, 6.45) is 0.565. The minimum atomic E-state index is -0.427. The number of aromatic amines is 1. The fourth-order valence-corrected chi connectivity index (χ4v) is 5.07. The third-order valence-electron chi connectivity index (χ3n) is 5.54. The quantitative estimate of drug-likeness (QED) is 0.535. The van der Waals surface area contributed by atoms with Crippen LogP contribution in [0.15, 0.2) is 65.5 Å². The van der Waals surface area contributed by atoms with Crippen LogP contribution in [0.3, 0.4) is 0 Å². The molecule has 1 atom stereocenters. The highest BCUT2D eigenvalue weighted by atomic mass is 32.1. The molecule has 0 spiro atoms. The summed E-state index contributed by atoms with van der Waals surface area (Å²) in [6.45, 7) is 0.941. The smallest absolute Gasteiger partial charge is 0.259 e. The monoisotopic (exact) mass is 416 g/mol. The predicted molar refractivity (Wildman–Crippen MR) is 118 cm³/mol. The molecule has 3 heterocycles. The van der Waals surface area contributed by atoms with Crippen molar-refractivity contribution in [3.63, 3.8) is 0 Å². The molecule has 0 saturated carbocycles. The third kappa shape index (κ3) is 3.42. The Morgan fingerprint density at radius 3 is 2.63 bits per heavy atom. The Hall–Kier alpha value is -3.29. The molecule has 0 fully saturated rings. The molecule has 3 N–H and O–H groups in total. The number of nitrogens with one attached hydrogen (secondary N) is 1. The lowest BCUT2D eigenvalue weighted by Gasteiger charge is -2.34. The van der Waals surface area contributed by atoms with Gasteiger partial charge in [-0.2, -0.15) is 0 Å². The molecule has 4 aromatic rings. The fraction of sp³-hybridized carbons (Fsp3) is 0.174. The first-order chi connectivity index (χ1) is 14.6. The van der Waals surface area contributed by atoms with Crippen LogP contribution in [0, 0.1) is 0 Å². The summed E-state index contributed by atoms with van der Waals surface area (Å²) in [5.41, 5.74) is 8.89. The summed E-state index contributed by atoms with van der Waals surface area (Å²) in [7, 11) is 0.